The molecule has 0 aliphatic carbocycles. The van der Waals surface area contributed by atoms with Crippen LogP contribution >= 0.6 is 0 Å². The highest BCUT2D eigenvalue weighted by atomic mass is 16.5. The summed E-state index contributed by atoms with van der Waals surface area (Å²) in [6.07, 6.45) is -0.853. The van der Waals surface area contributed by atoms with Crippen molar-refractivity contribution in [1.29, 1.82) is 0 Å². The van der Waals surface area contributed by atoms with Gasteiger partial charge in [-0.25, -0.2) is 4.79 Å². The van der Waals surface area contributed by atoms with Crippen LogP contribution in [0.3, 0.4) is 0 Å². The van der Waals surface area contributed by atoms with Gasteiger partial charge in [-0.05, 0) is 26.3 Å². The molecule has 0 radical (unpaired) electrons. The van der Waals surface area contributed by atoms with Crippen molar-refractivity contribution in [1.82, 2.24) is 0 Å². The standard InChI is InChI=1S/C12H16O3/c1-4-15-11(12(13)14)10-6-8(2)5-9(3)7-10/h5-7,11H,4H2,1-3H3,(H,13,14). The fourth-order valence-corrected chi connectivity index (χ4v) is 1.64. The second-order valence-electron chi connectivity index (χ2n) is 3.59. The minimum Gasteiger partial charge on any atom is -0.479 e. The molecule has 0 aromatic heterocycles. The van der Waals surface area contributed by atoms with E-state index in [2.05, 4.69) is 0 Å². The van der Waals surface area contributed by atoms with Crippen LogP contribution in [0.4, 0.5) is 0 Å². The molecule has 3 nitrogen and oxygen atoms in total. The molecular formula is C12H16O3. The number of benzene rings is 1. The molecule has 0 amide bonds. The SMILES string of the molecule is CCOC(C(=O)O)c1cc(C)cc(C)c1. The molecule has 1 rings (SSSR count). The van der Waals surface area contributed by atoms with Gasteiger partial charge in [-0.2, -0.15) is 0 Å². The highest BCUT2D eigenvalue weighted by Crippen LogP contribution is 2.20. The maximum absolute atomic E-state index is 11.0. The average Bonchev–Trinajstić information content (AvgIpc) is 2.11. The van der Waals surface area contributed by atoms with Gasteiger partial charge >= 0.3 is 5.97 Å². The summed E-state index contributed by atoms with van der Waals surface area (Å²) in [5.41, 5.74) is 2.81. The molecular weight excluding hydrogens is 192 g/mol. The zero-order valence-electron chi connectivity index (χ0n) is 9.28. The number of carbonyl (C=O) groups is 1. The van der Waals surface area contributed by atoms with E-state index in [1.807, 2.05) is 32.0 Å². The third kappa shape index (κ3) is 3.06. The first-order valence-corrected chi connectivity index (χ1v) is 4.97. The zero-order valence-corrected chi connectivity index (χ0v) is 9.28. The predicted molar refractivity (Wildman–Crippen MR) is 57.9 cm³/mol. The van der Waals surface area contributed by atoms with Gasteiger partial charge in [-0.3, -0.25) is 0 Å². The van der Waals surface area contributed by atoms with E-state index in [4.69, 9.17) is 9.84 Å². The molecule has 0 fully saturated rings. The second kappa shape index (κ2) is 4.94. The molecule has 0 saturated carbocycles. The van der Waals surface area contributed by atoms with Crippen LogP contribution in [0.25, 0.3) is 0 Å². The lowest BCUT2D eigenvalue weighted by Crippen LogP contribution is -2.15. The maximum atomic E-state index is 11.0. The Morgan fingerprint density at radius 2 is 1.87 bits per heavy atom. The molecule has 3 heteroatoms. The Labute approximate surface area is 89.7 Å². The number of carboxylic acids is 1. The van der Waals surface area contributed by atoms with Crippen LogP contribution in [-0.2, 0) is 9.53 Å². The average molecular weight is 208 g/mol. The molecule has 0 bridgehead atoms. The molecule has 0 heterocycles. The van der Waals surface area contributed by atoms with Crippen LogP contribution in [0.1, 0.15) is 29.7 Å². The Kier molecular flexibility index (Phi) is 3.86. The van der Waals surface area contributed by atoms with Gasteiger partial charge in [0.15, 0.2) is 6.10 Å². The fraction of sp³-hybridized carbons (Fsp3) is 0.417. The minimum absolute atomic E-state index is 0.393. The number of aryl methyl sites for hydroxylation is 2. The topological polar surface area (TPSA) is 46.5 Å². The van der Waals surface area contributed by atoms with Gasteiger partial charge in [-0.15, -0.1) is 0 Å². The molecule has 1 unspecified atom stereocenters. The van der Waals surface area contributed by atoms with Gasteiger partial charge in [0.05, 0.1) is 0 Å². The second-order valence-corrected chi connectivity index (χ2v) is 3.59. The Hall–Kier alpha value is -1.35. The highest BCUT2D eigenvalue weighted by Gasteiger charge is 2.20. The van der Waals surface area contributed by atoms with E-state index >= 15 is 0 Å². The minimum atomic E-state index is -0.943. The van der Waals surface area contributed by atoms with Crippen molar-refractivity contribution in [2.75, 3.05) is 6.61 Å². The Morgan fingerprint density at radius 1 is 1.33 bits per heavy atom. The van der Waals surface area contributed by atoms with E-state index in [0.29, 0.717) is 12.2 Å². The number of hydrogen-bond acceptors (Lipinski definition) is 2. The van der Waals surface area contributed by atoms with Crippen LogP contribution in [0.15, 0.2) is 18.2 Å². The number of hydrogen-bond donors (Lipinski definition) is 1. The van der Waals surface area contributed by atoms with E-state index in [1.165, 1.54) is 0 Å². The quantitative estimate of drug-likeness (QED) is 0.826. The van der Waals surface area contributed by atoms with E-state index in [0.717, 1.165) is 11.1 Å². The lowest BCUT2D eigenvalue weighted by Gasteiger charge is -2.14. The number of aliphatic carboxylic acids is 1. The van der Waals surface area contributed by atoms with Crippen molar-refractivity contribution < 1.29 is 14.6 Å². The molecule has 1 atom stereocenters. The van der Waals surface area contributed by atoms with Crippen LogP contribution in [-0.4, -0.2) is 17.7 Å². The Morgan fingerprint density at radius 3 is 2.27 bits per heavy atom. The molecule has 1 aromatic carbocycles. The summed E-state index contributed by atoms with van der Waals surface area (Å²) in [5.74, 6) is -0.943. The largest absolute Gasteiger partial charge is 0.479 e. The molecule has 0 saturated heterocycles. The first-order chi connectivity index (χ1) is 7.04. The third-order valence-corrected chi connectivity index (χ3v) is 2.10. The molecule has 0 spiro atoms. The van der Waals surface area contributed by atoms with Crippen molar-refractivity contribution in [3.05, 3.63) is 34.9 Å². The van der Waals surface area contributed by atoms with Crippen molar-refractivity contribution in [2.45, 2.75) is 26.9 Å². The van der Waals surface area contributed by atoms with Gasteiger partial charge in [0.25, 0.3) is 0 Å². The van der Waals surface area contributed by atoms with Gasteiger partial charge in [0.2, 0.25) is 0 Å². The predicted octanol–water partition coefficient (Wildman–Crippen LogP) is 2.47. The summed E-state index contributed by atoms with van der Waals surface area (Å²) in [5, 5.41) is 9.01. The van der Waals surface area contributed by atoms with Crippen LogP contribution in [0.5, 0.6) is 0 Å². The smallest absolute Gasteiger partial charge is 0.337 e. The summed E-state index contributed by atoms with van der Waals surface area (Å²) in [4.78, 5) is 11.0. The van der Waals surface area contributed by atoms with Crippen molar-refractivity contribution in [3.63, 3.8) is 0 Å². The van der Waals surface area contributed by atoms with Crippen LogP contribution in [0, 0.1) is 13.8 Å². The van der Waals surface area contributed by atoms with Gasteiger partial charge < -0.3 is 9.84 Å². The molecule has 15 heavy (non-hydrogen) atoms. The molecule has 1 aromatic rings. The monoisotopic (exact) mass is 208 g/mol. The van der Waals surface area contributed by atoms with Crippen molar-refractivity contribution in [3.8, 4) is 0 Å². The van der Waals surface area contributed by atoms with Gasteiger partial charge in [-0.1, -0.05) is 29.3 Å². The van der Waals surface area contributed by atoms with Crippen LogP contribution < -0.4 is 0 Å². The first-order valence-electron chi connectivity index (χ1n) is 4.97. The van der Waals surface area contributed by atoms with E-state index < -0.39 is 12.1 Å². The first kappa shape index (κ1) is 11.7. The zero-order chi connectivity index (χ0) is 11.4. The molecule has 82 valence electrons. The van der Waals surface area contributed by atoms with Gasteiger partial charge in [0, 0.05) is 6.61 Å². The Bertz CT molecular complexity index is 338. The summed E-state index contributed by atoms with van der Waals surface area (Å²) < 4.78 is 5.20. The fourth-order valence-electron chi connectivity index (χ4n) is 1.64. The molecule has 0 aliphatic rings. The Balaban J connectivity index is 3.05. The highest BCUT2D eigenvalue weighted by molar-refractivity contribution is 5.74. The summed E-state index contributed by atoms with van der Waals surface area (Å²) >= 11 is 0. The summed E-state index contributed by atoms with van der Waals surface area (Å²) in [6, 6.07) is 5.71. The normalized spacial score (nSPS) is 12.5. The lowest BCUT2D eigenvalue weighted by molar-refractivity contribution is -0.150. The maximum Gasteiger partial charge on any atom is 0.337 e. The molecule has 0 aliphatic heterocycles. The van der Waals surface area contributed by atoms with E-state index in [1.54, 1.807) is 6.92 Å². The van der Waals surface area contributed by atoms with E-state index in [-0.39, 0.29) is 0 Å². The number of ether oxygens (including phenoxy) is 1. The molecule has 1 N–H and O–H groups in total. The summed E-state index contributed by atoms with van der Waals surface area (Å²) in [6.45, 7) is 6.07. The van der Waals surface area contributed by atoms with E-state index in [9.17, 15) is 4.79 Å². The van der Waals surface area contributed by atoms with Gasteiger partial charge in [0.1, 0.15) is 0 Å². The van der Waals surface area contributed by atoms with Crippen LogP contribution in [0.2, 0.25) is 0 Å². The number of carboxylic acid groups (broad SMARTS) is 1. The van der Waals surface area contributed by atoms with Crippen molar-refractivity contribution >= 4 is 5.97 Å². The third-order valence-electron chi connectivity index (χ3n) is 2.10. The lowest BCUT2D eigenvalue weighted by atomic mass is 10.0. The summed E-state index contributed by atoms with van der Waals surface area (Å²) in [7, 11) is 0. The number of rotatable bonds is 4. The van der Waals surface area contributed by atoms with Crippen molar-refractivity contribution in [2.24, 2.45) is 0 Å².